The molecule has 0 spiro atoms. The number of anilines is 1. The van der Waals surface area contributed by atoms with Crippen molar-refractivity contribution in [3.05, 3.63) is 35.4 Å². The number of allylic oxidation sites excluding steroid dienone is 2. The summed E-state index contributed by atoms with van der Waals surface area (Å²) in [6, 6.07) is 7.93. The van der Waals surface area contributed by atoms with Crippen molar-refractivity contribution in [1.29, 1.82) is 0 Å². The Labute approximate surface area is 166 Å². The first-order valence-corrected chi connectivity index (χ1v) is 10.0. The number of hydrogen-bond donors (Lipinski definition) is 0. The number of benzene rings is 1. The Hall–Kier alpha value is -2.50. The van der Waals surface area contributed by atoms with Crippen LogP contribution >= 0.6 is 0 Å². The van der Waals surface area contributed by atoms with Gasteiger partial charge in [-0.3, -0.25) is 4.79 Å². The number of piperazine rings is 1. The van der Waals surface area contributed by atoms with E-state index in [2.05, 4.69) is 4.90 Å². The zero-order chi connectivity index (χ0) is 20.3. The molecule has 0 unspecified atom stereocenters. The lowest BCUT2D eigenvalue weighted by Gasteiger charge is -2.40. The van der Waals surface area contributed by atoms with Crippen LogP contribution in [0.1, 0.15) is 33.6 Å². The van der Waals surface area contributed by atoms with E-state index in [4.69, 9.17) is 4.74 Å². The second kappa shape index (κ2) is 8.67. The van der Waals surface area contributed by atoms with Crippen molar-refractivity contribution < 1.29 is 19.4 Å². The molecule has 6 nitrogen and oxygen atoms in total. The van der Waals surface area contributed by atoms with Gasteiger partial charge in [0.05, 0.1) is 18.2 Å². The maximum atomic E-state index is 13.1. The number of carbonyl (C=O) groups is 2. The summed E-state index contributed by atoms with van der Waals surface area (Å²) in [5.41, 5.74) is 3.23. The fourth-order valence-corrected chi connectivity index (χ4v) is 4.20. The number of amides is 1. The van der Waals surface area contributed by atoms with Crippen LogP contribution in [0.4, 0.5) is 5.69 Å². The van der Waals surface area contributed by atoms with Gasteiger partial charge in [0.15, 0.2) is 0 Å². The van der Waals surface area contributed by atoms with E-state index in [-0.39, 0.29) is 5.91 Å². The highest BCUT2D eigenvalue weighted by Crippen LogP contribution is 2.35. The van der Waals surface area contributed by atoms with Crippen molar-refractivity contribution in [2.75, 3.05) is 37.7 Å². The largest absolute Gasteiger partial charge is 0.550 e. The smallest absolute Gasteiger partial charge is 0.226 e. The van der Waals surface area contributed by atoms with Crippen LogP contribution in [0.2, 0.25) is 0 Å². The molecule has 1 heterocycles. The third kappa shape index (κ3) is 4.16. The van der Waals surface area contributed by atoms with E-state index in [9.17, 15) is 14.7 Å². The van der Waals surface area contributed by atoms with Gasteiger partial charge in [-0.2, -0.15) is 0 Å². The average molecular weight is 385 g/mol. The minimum atomic E-state index is -1.12. The van der Waals surface area contributed by atoms with E-state index < -0.39 is 17.8 Å². The second-order valence-electron chi connectivity index (χ2n) is 7.71. The number of carboxylic acids is 1. The summed E-state index contributed by atoms with van der Waals surface area (Å²) in [4.78, 5) is 28.8. The summed E-state index contributed by atoms with van der Waals surface area (Å²) in [6.45, 7) is 9.06. The highest BCUT2D eigenvalue weighted by atomic mass is 16.5. The third-order valence-corrected chi connectivity index (χ3v) is 5.98. The Kier molecular flexibility index (Phi) is 6.27. The van der Waals surface area contributed by atoms with Crippen LogP contribution in [-0.4, -0.2) is 49.6 Å². The fraction of sp³-hybridized carbons (Fsp3) is 0.545. The van der Waals surface area contributed by atoms with Gasteiger partial charge in [0.1, 0.15) is 5.75 Å². The van der Waals surface area contributed by atoms with Gasteiger partial charge in [0.25, 0.3) is 0 Å². The van der Waals surface area contributed by atoms with Crippen LogP contribution in [0.3, 0.4) is 0 Å². The molecule has 3 rings (SSSR count). The van der Waals surface area contributed by atoms with Gasteiger partial charge in [0.2, 0.25) is 5.91 Å². The number of ether oxygens (including phenoxy) is 1. The van der Waals surface area contributed by atoms with E-state index in [1.54, 1.807) is 0 Å². The molecule has 1 aromatic rings. The standard InChI is InChI=1S/C22H30N2O4/c1-4-28-20-8-6-5-7-19(20)23-9-11-24(12-10-23)21(25)17-13-15(2)16(3)14-18(17)22(26)27/h5-8,17-18H,4,9-14H2,1-3H3,(H,26,27)/p-1/t17-,18-/m1/s1. The summed E-state index contributed by atoms with van der Waals surface area (Å²) in [5.74, 6) is -1.57. The van der Waals surface area contributed by atoms with Gasteiger partial charge in [-0.25, -0.2) is 0 Å². The first kappa shape index (κ1) is 20.2. The number of carboxylic acid groups (broad SMARTS) is 1. The van der Waals surface area contributed by atoms with E-state index >= 15 is 0 Å². The van der Waals surface area contributed by atoms with Crippen LogP contribution in [0, 0.1) is 11.8 Å². The van der Waals surface area contributed by atoms with Crippen LogP contribution in [0.5, 0.6) is 5.75 Å². The Morgan fingerprint density at radius 1 is 1.04 bits per heavy atom. The maximum Gasteiger partial charge on any atom is 0.226 e. The van der Waals surface area contributed by atoms with Crippen molar-refractivity contribution in [3.63, 3.8) is 0 Å². The van der Waals surface area contributed by atoms with Crippen LogP contribution in [-0.2, 0) is 9.59 Å². The van der Waals surface area contributed by atoms with E-state index in [0.29, 0.717) is 45.6 Å². The molecule has 152 valence electrons. The second-order valence-corrected chi connectivity index (χ2v) is 7.71. The Balaban J connectivity index is 1.68. The minimum Gasteiger partial charge on any atom is -0.550 e. The van der Waals surface area contributed by atoms with E-state index in [0.717, 1.165) is 22.6 Å². The third-order valence-electron chi connectivity index (χ3n) is 5.98. The average Bonchev–Trinajstić information content (AvgIpc) is 2.70. The zero-order valence-corrected chi connectivity index (χ0v) is 16.9. The van der Waals surface area contributed by atoms with Gasteiger partial charge in [0, 0.05) is 38.1 Å². The predicted molar refractivity (Wildman–Crippen MR) is 106 cm³/mol. The van der Waals surface area contributed by atoms with Crippen molar-refractivity contribution in [3.8, 4) is 5.75 Å². The predicted octanol–water partition coefficient (Wildman–Crippen LogP) is 1.85. The monoisotopic (exact) mass is 385 g/mol. The van der Waals surface area contributed by atoms with Gasteiger partial charge in [-0.1, -0.05) is 23.3 Å². The molecular weight excluding hydrogens is 356 g/mol. The highest BCUT2D eigenvalue weighted by molar-refractivity contribution is 5.85. The van der Waals surface area contributed by atoms with Crippen LogP contribution in [0.25, 0.3) is 0 Å². The summed E-state index contributed by atoms with van der Waals surface area (Å²) >= 11 is 0. The Bertz CT molecular complexity index is 766. The fourth-order valence-electron chi connectivity index (χ4n) is 4.20. The molecule has 1 fully saturated rings. The number of carbonyl (C=O) groups excluding carboxylic acids is 2. The number of hydrogen-bond acceptors (Lipinski definition) is 5. The molecule has 1 saturated heterocycles. The van der Waals surface area contributed by atoms with Gasteiger partial charge < -0.3 is 24.4 Å². The molecule has 1 amide bonds. The molecule has 0 bridgehead atoms. The molecule has 0 radical (unpaired) electrons. The van der Waals surface area contributed by atoms with Gasteiger partial charge in [-0.15, -0.1) is 0 Å². The van der Waals surface area contributed by atoms with Gasteiger partial charge >= 0.3 is 0 Å². The maximum absolute atomic E-state index is 13.1. The summed E-state index contributed by atoms with van der Waals surface area (Å²) in [5, 5.41) is 11.6. The molecular formula is C22H29N2O4-. The first-order valence-electron chi connectivity index (χ1n) is 10.0. The number of nitrogens with zero attached hydrogens (tertiary/aromatic N) is 2. The highest BCUT2D eigenvalue weighted by Gasteiger charge is 2.37. The molecule has 0 N–H and O–H groups in total. The van der Waals surface area contributed by atoms with Crippen LogP contribution < -0.4 is 14.7 Å². The quantitative estimate of drug-likeness (QED) is 0.723. The topological polar surface area (TPSA) is 72.9 Å². The zero-order valence-electron chi connectivity index (χ0n) is 16.9. The lowest BCUT2D eigenvalue weighted by molar-refractivity contribution is -0.313. The van der Waals surface area contributed by atoms with Crippen LogP contribution in [0.15, 0.2) is 35.4 Å². The Morgan fingerprint density at radius 2 is 1.64 bits per heavy atom. The summed E-state index contributed by atoms with van der Waals surface area (Å²) < 4.78 is 5.72. The van der Waals surface area contributed by atoms with Crippen molar-refractivity contribution in [1.82, 2.24) is 4.90 Å². The molecule has 2 aliphatic rings. The Morgan fingerprint density at radius 3 is 2.25 bits per heavy atom. The molecule has 1 aliphatic heterocycles. The molecule has 28 heavy (non-hydrogen) atoms. The van der Waals surface area contributed by atoms with Crippen molar-refractivity contribution in [2.45, 2.75) is 33.6 Å². The lowest BCUT2D eigenvalue weighted by atomic mass is 9.76. The molecule has 0 aromatic heterocycles. The van der Waals surface area contributed by atoms with Crippen molar-refractivity contribution >= 4 is 17.6 Å². The summed E-state index contributed by atoms with van der Waals surface area (Å²) in [7, 11) is 0. The van der Waals surface area contributed by atoms with E-state index in [1.807, 2.05) is 49.9 Å². The minimum absolute atomic E-state index is 0.0567. The first-order chi connectivity index (χ1) is 13.4. The lowest BCUT2D eigenvalue weighted by Crippen LogP contribution is -2.53. The molecule has 0 saturated carbocycles. The number of rotatable bonds is 5. The molecule has 2 atom stereocenters. The number of aliphatic carboxylic acids is 1. The molecule has 1 aromatic carbocycles. The normalized spacial score (nSPS) is 23.0. The number of para-hydroxylation sites is 2. The SMILES string of the molecule is CCOc1ccccc1N1CCN(C(=O)[C@@H]2CC(C)=C(C)C[C@H]2C(=O)[O-])CC1. The van der Waals surface area contributed by atoms with Gasteiger partial charge in [-0.05, 0) is 45.7 Å². The molecule has 1 aliphatic carbocycles. The molecule has 6 heteroatoms. The van der Waals surface area contributed by atoms with E-state index in [1.165, 1.54) is 0 Å². The van der Waals surface area contributed by atoms with Crippen molar-refractivity contribution in [2.24, 2.45) is 11.8 Å². The summed E-state index contributed by atoms with van der Waals surface area (Å²) in [6.07, 6.45) is 0.920.